The van der Waals surface area contributed by atoms with Crippen molar-refractivity contribution in [2.75, 3.05) is 7.11 Å². The van der Waals surface area contributed by atoms with Crippen molar-refractivity contribution in [3.05, 3.63) is 29.6 Å². The molecule has 1 atom stereocenters. The van der Waals surface area contributed by atoms with E-state index in [1.165, 1.54) is 26.4 Å². The van der Waals surface area contributed by atoms with Gasteiger partial charge in [0.2, 0.25) is 0 Å². The van der Waals surface area contributed by atoms with Crippen molar-refractivity contribution < 1.29 is 9.13 Å². The largest absolute Gasteiger partial charge is 0.494 e. The van der Waals surface area contributed by atoms with Crippen LogP contribution in [0.3, 0.4) is 0 Å². The zero-order chi connectivity index (χ0) is 13.0. The quantitative estimate of drug-likeness (QED) is 0.603. The van der Waals surface area contributed by atoms with Crippen LogP contribution in [-0.4, -0.2) is 13.2 Å². The first-order chi connectivity index (χ1) is 8.74. The molecule has 100 valence electrons. The van der Waals surface area contributed by atoms with E-state index < -0.39 is 0 Å². The molecule has 0 amide bonds. The monoisotopic (exact) mass is 252 g/mol. The van der Waals surface area contributed by atoms with E-state index in [1.807, 2.05) is 6.07 Å². The Labute approximate surface area is 107 Å². The first-order valence-corrected chi connectivity index (χ1v) is 6.52. The molecule has 2 rings (SSSR count). The van der Waals surface area contributed by atoms with Crippen molar-refractivity contribution in [1.29, 1.82) is 0 Å². The topological polar surface area (TPSA) is 47.3 Å². The van der Waals surface area contributed by atoms with E-state index in [-0.39, 0.29) is 11.9 Å². The average molecular weight is 252 g/mol. The number of rotatable bonds is 6. The summed E-state index contributed by atoms with van der Waals surface area (Å²) >= 11 is 0. The van der Waals surface area contributed by atoms with Crippen LogP contribution in [0.4, 0.5) is 4.39 Å². The van der Waals surface area contributed by atoms with Gasteiger partial charge >= 0.3 is 0 Å². The minimum Gasteiger partial charge on any atom is -0.494 e. The van der Waals surface area contributed by atoms with Gasteiger partial charge in [0, 0.05) is 6.04 Å². The third-order valence-electron chi connectivity index (χ3n) is 3.81. The van der Waals surface area contributed by atoms with Crippen LogP contribution in [0.5, 0.6) is 5.75 Å². The van der Waals surface area contributed by atoms with Gasteiger partial charge in [0.15, 0.2) is 11.6 Å². The Hall–Kier alpha value is -1.13. The van der Waals surface area contributed by atoms with E-state index in [0.717, 1.165) is 12.3 Å². The zero-order valence-electron chi connectivity index (χ0n) is 10.8. The van der Waals surface area contributed by atoms with Gasteiger partial charge in [0.25, 0.3) is 0 Å². The van der Waals surface area contributed by atoms with E-state index in [1.54, 1.807) is 12.1 Å². The Bertz CT molecular complexity index is 393. The van der Waals surface area contributed by atoms with Crippen molar-refractivity contribution >= 4 is 0 Å². The molecule has 4 heteroatoms. The maximum absolute atomic E-state index is 14.0. The molecule has 18 heavy (non-hydrogen) atoms. The van der Waals surface area contributed by atoms with Gasteiger partial charge in [-0.05, 0) is 30.4 Å². The Morgan fingerprint density at radius 2 is 2.28 bits per heavy atom. The van der Waals surface area contributed by atoms with Crippen molar-refractivity contribution in [2.45, 2.75) is 38.1 Å². The Balaban J connectivity index is 2.01. The van der Waals surface area contributed by atoms with E-state index >= 15 is 0 Å². The summed E-state index contributed by atoms with van der Waals surface area (Å²) in [5, 5.41) is 0. The molecule has 1 unspecified atom stereocenters. The first kappa shape index (κ1) is 13.3. The SMILES string of the molecule is COc1cccc(CC(CC2CCC2)NN)c1F. The number of nitrogens with two attached hydrogens (primary N) is 1. The number of halogens is 1. The highest BCUT2D eigenvalue weighted by molar-refractivity contribution is 5.31. The Kier molecular flexibility index (Phi) is 4.55. The predicted molar refractivity (Wildman–Crippen MR) is 69.7 cm³/mol. The van der Waals surface area contributed by atoms with Crippen LogP contribution in [0.15, 0.2) is 18.2 Å². The molecule has 3 nitrogen and oxygen atoms in total. The third kappa shape index (κ3) is 3.00. The van der Waals surface area contributed by atoms with Gasteiger partial charge in [-0.25, -0.2) is 4.39 Å². The highest BCUT2D eigenvalue weighted by Gasteiger charge is 2.22. The second-order valence-corrected chi connectivity index (χ2v) is 5.03. The summed E-state index contributed by atoms with van der Waals surface area (Å²) in [6.45, 7) is 0. The van der Waals surface area contributed by atoms with E-state index in [2.05, 4.69) is 5.43 Å². The van der Waals surface area contributed by atoms with Gasteiger partial charge < -0.3 is 4.74 Å². The van der Waals surface area contributed by atoms with E-state index in [0.29, 0.717) is 17.7 Å². The molecule has 1 fully saturated rings. The average Bonchev–Trinajstić information content (AvgIpc) is 2.34. The summed E-state index contributed by atoms with van der Waals surface area (Å²) in [6.07, 6.45) is 5.50. The van der Waals surface area contributed by atoms with Crippen LogP contribution >= 0.6 is 0 Å². The first-order valence-electron chi connectivity index (χ1n) is 6.52. The molecule has 1 aromatic rings. The summed E-state index contributed by atoms with van der Waals surface area (Å²) in [7, 11) is 1.48. The number of hydrazine groups is 1. The molecule has 1 aliphatic rings. The molecule has 1 aliphatic carbocycles. The smallest absolute Gasteiger partial charge is 0.168 e. The summed E-state index contributed by atoms with van der Waals surface area (Å²) in [4.78, 5) is 0. The minimum absolute atomic E-state index is 0.136. The second kappa shape index (κ2) is 6.16. The van der Waals surface area contributed by atoms with Crippen molar-refractivity contribution in [1.82, 2.24) is 5.43 Å². The van der Waals surface area contributed by atoms with Crippen LogP contribution in [0.25, 0.3) is 0 Å². The molecule has 1 aromatic carbocycles. The number of hydrogen-bond donors (Lipinski definition) is 2. The van der Waals surface area contributed by atoms with Crippen molar-refractivity contribution in [3.8, 4) is 5.75 Å². The fourth-order valence-electron chi connectivity index (χ4n) is 2.48. The normalized spacial score (nSPS) is 17.3. The molecule has 0 bridgehead atoms. The molecule has 0 aromatic heterocycles. The minimum atomic E-state index is -0.270. The van der Waals surface area contributed by atoms with Crippen molar-refractivity contribution in [3.63, 3.8) is 0 Å². The lowest BCUT2D eigenvalue weighted by atomic mass is 9.80. The maximum Gasteiger partial charge on any atom is 0.168 e. The van der Waals surface area contributed by atoms with Gasteiger partial charge in [-0.1, -0.05) is 31.4 Å². The molecule has 1 saturated carbocycles. The van der Waals surface area contributed by atoms with Crippen LogP contribution in [0, 0.1) is 11.7 Å². The summed E-state index contributed by atoms with van der Waals surface area (Å²) in [5.74, 6) is 6.34. The standard InChI is InChI=1S/C14H21FN2O/c1-18-13-7-3-6-11(14(13)15)9-12(17-16)8-10-4-2-5-10/h3,6-7,10,12,17H,2,4-5,8-9,16H2,1H3. The number of ether oxygens (including phenoxy) is 1. The summed E-state index contributed by atoms with van der Waals surface area (Å²) < 4.78 is 19.0. The molecule has 0 spiro atoms. The Morgan fingerprint density at radius 3 is 2.83 bits per heavy atom. The van der Waals surface area contributed by atoms with Gasteiger partial charge in [-0.3, -0.25) is 11.3 Å². The fourth-order valence-corrected chi connectivity index (χ4v) is 2.48. The van der Waals surface area contributed by atoms with Crippen LogP contribution in [-0.2, 0) is 6.42 Å². The lowest BCUT2D eigenvalue weighted by Crippen LogP contribution is -2.39. The Morgan fingerprint density at radius 1 is 1.50 bits per heavy atom. The van der Waals surface area contributed by atoms with Gasteiger partial charge in [-0.15, -0.1) is 0 Å². The number of methoxy groups -OCH3 is 1. The molecular weight excluding hydrogens is 231 g/mol. The molecule has 3 N–H and O–H groups in total. The van der Waals surface area contributed by atoms with E-state index in [4.69, 9.17) is 10.6 Å². The zero-order valence-corrected chi connectivity index (χ0v) is 10.8. The van der Waals surface area contributed by atoms with Gasteiger partial charge in [0.1, 0.15) is 0 Å². The summed E-state index contributed by atoms with van der Waals surface area (Å²) in [6, 6.07) is 5.38. The second-order valence-electron chi connectivity index (χ2n) is 5.03. The highest BCUT2D eigenvalue weighted by Crippen LogP contribution is 2.31. The van der Waals surface area contributed by atoms with Gasteiger partial charge in [-0.2, -0.15) is 0 Å². The number of nitrogens with one attached hydrogen (secondary N) is 1. The maximum atomic E-state index is 14.0. The van der Waals surface area contributed by atoms with Crippen LogP contribution in [0.2, 0.25) is 0 Å². The molecule has 0 aliphatic heterocycles. The van der Waals surface area contributed by atoms with Gasteiger partial charge in [0.05, 0.1) is 7.11 Å². The molecule has 0 heterocycles. The van der Waals surface area contributed by atoms with Crippen LogP contribution < -0.4 is 16.0 Å². The number of benzene rings is 1. The summed E-state index contributed by atoms with van der Waals surface area (Å²) in [5.41, 5.74) is 3.47. The highest BCUT2D eigenvalue weighted by atomic mass is 19.1. The fraction of sp³-hybridized carbons (Fsp3) is 0.571. The number of hydrogen-bond acceptors (Lipinski definition) is 3. The lowest BCUT2D eigenvalue weighted by molar-refractivity contribution is 0.258. The molecular formula is C14H21FN2O. The third-order valence-corrected chi connectivity index (χ3v) is 3.81. The lowest BCUT2D eigenvalue weighted by Gasteiger charge is -2.29. The van der Waals surface area contributed by atoms with Crippen molar-refractivity contribution in [2.24, 2.45) is 11.8 Å². The molecule has 0 saturated heterocycles. The predicted octanol–water partition coefficient (Wildman–Crippen LogP) is 2.40. The van der Waals surface area contributed by atoms with E-state index in [9.17, 15) is 4.39 Å². The molecule has 0 radical (unpaired) electrons. The van der Waals surface area contributed by atoms with Crippen LogP contribution in [0.1, 0.15) is 31.2 Å².